The summed E-state index contributed by atoms with van der Waals surface area (Å²) in [6.07, 6.45) is 1.76. The summed E-state index contributed by atoms with van der Waals surface area (Å²) in [5.74, 6) is 0.584. The first kappa shape index (κ1) is 20.1. The molecule has 3 aromatic rings. The number of thioether (sulfide) groups is 1. The standard InChI is InChI=1S/C19H20N4O3S2/c1-23-17(12-14-8-4-3-5-9-14)21-22-19(23)27-13-18(24)20-15-10-6-7-11-16(15)28(2,25)26/h3-11H,12-13H2,1-2H3,(H,20,24). The van der Waals surface area contributed by atoms with Gasteiger partial charge in [-0.1, -0.05) is 54.2 Å². The van der Waals surface area contributed by atoms with Crippen molar-refractivity contribution in [3.63, 3.8) is 0 Å². The smallest absolute Gasteiger partial charge is 0.234 e. The zero-order valence-corrected chi connectivity index (χ0v) is 17.1. The molecule has 0 saturated carbocycles. The minimum absolute atomic E-state index is 0.0927. The number of nitrogens with zero attached hydrogens (tertiary/aromatic N) is 3. The van der Waals surface area contributed by atoms with Crippen molar-refractivity contribution < 1.29 is 13.2 Å². The van der Waals surface area contributed by atoms with E-state index >= 15 is 0 Å². The molecule has 2 aromatic carbocycles. The summed E-state index contributed by atoms with van der Waals surface area (Å²) < 4.78 is 25.5. The van der Waals surface area contributed by atoms with Crippen molar-refractivity contribution in [2.75, 3.05) is 17.3 Å². The Bertz CT molecular complexity index is 1080. The van der Waals surface area contributed by atoms with Gasteiger partial charge in [-0.05, 0) is 17.7 Å². The van der Waals surface area contributed by atoms with E-state index in [9.17, 15) is 13.2 Å². The summed E-state index contributed by atoms with van der Waals surface area (Å²) in [5.41, 5.74) is 1.41. The van der Waals surface area contributed by atoms with Gasteiger partial charge in [-0.15, -0.1) is 10.2 Å². The number of amides is 1. The highest BCUT2D eigenvalue weighted by Gasteiger charge is 2.16. The predicted molar refractivity (Wildman–Crippen MR) is 109 cm³/mol. The quantitative estimate of drug-likeness (QED) is 0.595. The summed E-state index contributed by atoms with van der Waals surface area (Å²) in [6.45, 7) is 0. The Morgan fingerprint density at radius 1 is 1.07 bits per heavy atom. The zero-order valence-electron chi connectivity index (χ0n) is 15.5. The lowest BCUT2D eigenvalue weighted by Gasteiger charge is -2.09. The van der Waals surface area contributed by atoms with E-state index in [2.05, 4.69) is 15.5 Å². The van der Waals surface area contributed by atoms with Crippen molar-refractivity contribution >= 4 is 33.2 Å². The van der Waals surface area contributed by atoms with Crippen LogP contribution in [0.4, 0.5) is 5.69 Å². The third-order valence-corrected chi connectivity index (χ3v) is 6.20. The molecule has 0 saturated heterocycles. The van der Waals surface area contributed by atoms with Gasteiger partial charge in [0.05, 0.1) is 16.3 Å². The first-order chi connectivity index (χ1) is 13.3. The molecule has 0 aliphatic carbocycles. The Balaban J connectivity index is 1.63. The van der Waals surface area contributed by atoms with Crippen LogP contribution in [0.1, 0.15) is 11.4 Å². The van der Waals surface area contributed by atoms with Crippen molar-refractivity contribution in [3.05, 3.63) is 66.0 Å². The zero-order chi connectivity index (χ0) is 20.1. The number of anilines is 1. The molecule has 0 aliphatic heterocycles. The van der Waals surface area contributed by atoms with Gasteiger partial charge in [-0.3, -0.25) is 4.79 Å². The maximum absolute atomic E-state index is 12.3. The predicted octanol–water partition coefficient (Wildman–Crippen LogP) is 2.54. The van der Waals surface area contributed by atoms with E-state index in [0.29, 0.717) is 11.6 Å². The lowest BCUT2D eigenvalue weighted by Crippen LogP contribution is -2.16. The molecule has 0 bridgehead atoms. The number of carbonyl (C=O) groups is 1. The third kappa shape index (κ3) is 4.99. The average Bonchev–Trinajstić information content (AvgIpc) is 3.00. The summed E-state index contributed by atoms with van der Waals surface area (Å²) in [7, 11) is -1.57. The normalized spacial score (nSPS) is 11.4. The molecule has 1 aromatic heterocycles. The Hall–Kier alpha value is -2.65. The first-order valence-electron chi connectivity index (χ1n) is 8.48. The minimum atomic E-state index is -3.43. The molecular weight excluding hydrogens is 396 g/mol. The van der Waals surface area contributed by atoms with Crippen LogP contribution in [0.25, 0.3) is 0 Å². The second kappa shape index (κ2) is 8.57. The van der Waals surface area contributed by atoms with Crippen molar-refractivity contribution in [1.29, 1.82) is 0 Å². The van der Waals surface area contributed by atoms with Crippen LogP contribution in [0.2, 0.25) is 0 Å². The van der Waals surface area contributed by atoms with Gasteiger partial charge in [0.1, 0.15) is 5.82 Å². The number of para-hydroxylation sites is 1. The van der Waals surface area contributed by atoms with E-state index in [1.807, 2.05) is 41.9 Å². The van der Waals surface area contributed by atoms with Gasteiger partial charge in [0.2, 0.25) is 5.91 Å². The molecule has 1 N–H and O–H groups in total. The van der Waals surface area contributed by atoms with Crippen molar-refractivity contribution in [2.24, 2.45) is 7.05 Å². The van der Waals surface area contributed by atoms with Gasteiger partial charge in [0, 0.05) is 19.7 Å². The topological polar surface area (TPSA) is 93.9 Å². The van der Waals surface area contributed by atoms with Crippen LogP contribution in [-0.2, 0) is 28.1 Å². The van der Waals surface area contributed by atoms with E-state index in [1.54, 1.807) is 18.2 Å². The van der Waals surface area contributed by atoms with Crippen molar-refractivity contribution in [3.8, 4) is 0 Å². The van der Waals surface area contributed by atoms with Crippen LogP contribution in [0.3, 0.4) is 0 Å². The van der Waals surface area contributed by atoms with Gasteiger partial charge >= 0.3 is 0 Å². The van der Waals surface area contributed by atoms with Gasteiger partial charge in [0.15, 0.2) is 15.0 Å². The largest absolute Gasteiger partial charge is 0.324 e. The fourth-order valence-electron chi connectivity index (χ4n) is 2.61. The number of sulfone groups is 1. The van der Waals surface area contributed by atoms with E-state index in [-0.39, 0.29) is 22.2 Å². The Kier molecular flexibility index (Phi) is 6.15. The second-order valence-corrected chi connectivity index (χ2v) is 9.15. The molecule has 9 heteroatoms. The maximum atomic E-state index is 12.3. The number of rotatable bonds is 7. The number of aromatic nitrogens is 3. The first-order valence-corrected chi connectivity index (χ1v) is 11.4. The van der Waals surface area contributed by atoms with Crippen LogP contribution in [-0.4, -0.2) is 41.1 Å². The van der Waals surface area contributed by atoms with Crippen LogP contribution < -0.4 is 5.32 Å². The van der Waals surface area contributed by atoms with Crippen molar-refractivity contribution in [2.45, 2.75) is 16.5 Å². The van der Waals surface area contributed by atoms with E-state index < -0.39 is 9.84 Å². The molecule has 146 valence electrons. The molecule has 3 rings (SSSR count). The number of hydrogen-bond acceptors (Lipinski definition) is 6. The molecule has 0 atom stereocenters. The molecule has 0 aliphatic rings. The fraction of sp³-hybridized carbons (Fsp3) is 0.211. The Morgan fingerprint density at radius 2 is 1.75 bits per heavy atom. The SMILES string of the molecule is Cn1c(Cc2ccccc2)nnc1SCC(=O)Nc1ccccc1S(C)(=O)=O. The number of nitrogens with one attached hydrogen (secondary N) is 1. The highest BCUT2D eigenvalue weighted by molar-refractivity contribution is 7.99. The Labute approximate surface area is 168 Å². The molecule has 1 amide bonds. The molecule has 1 heterocycles. The molecule has 0 spiro atoms. The van der Waals surface area contributed by atoms with Gasteiger partial charge in [-0.25, -0.2) is 8.42 Å². The lowest BCUT2D eigenvalue weighted by molar-refractivity contribution is -0.113. The van der Waals surface area contributed by atoms with Crippen molar-refractivity contribution in [1.82, 2.24) is 14.8 Å². The molecular formula is C19H20N4O3S2. The molecule has 7 nitrogen and oxygen atoms in total. The van der Waals surface area contributed by atoms with E-state index in [4.69, 9.17) is 0 Å². The van der Waals surface area contributed by atoms with E-state index in [1.165, 1.54) is 17.8 Å². The minimum Gasteiger partial charge on any atom is -0.324 e. The molecule has 28 heavy (non-hydrogen) atoms. The van der Waals surface area contributed by atoms with Crippen LogP contribution in [0.5, 0.6) is 0 Å². The fourth-order valence-corrected chi connectivity index (χ4v) is 4.19. The van der Waals surface area contributed by atoms with Gasteiger partial charge < -0.3 is 9.88 Å². The van der Waals surface area contributed by atoms with Crippen LogP contribution in [0.15, 0.2) is 64.6 Å². The van der Waals surface area contributed by atoms with Crippen LogP contribution >= 0.6 is 11.8 Å². The number of benzene rings is 2. The Morgan fingerprint density at radius 3 is 2.46 bits per heavy atom. The summed E-state index contributed by atoms with van der Waals surface area (Å²) in [6, 6.07) is 16.3. The summed E-state index contributed by atoms with van der Waals surface area (Å²) in [5, 5.41) is 11.6. The van der Waals surface area contributed by atoms with E-state index in [0.717, 1.165) is 17.6 Å². The highest BCUT2D eigenvalue weighted by atomic mass is 32.2. The van der Waals surface area contributed by atoms with Gasteiger partial charge in [0.25, 0.3) is 0 Å². The monoisotopic (exact) mass is 416 g/mol. The van der Waals surface area contributed by atoms with Crippen LogP contribution in [0, 0.1) is 0 Å². The molecule has 0 radical (unpaired) electrons. The average molecular weight is 417 g/mol. The summed E-state index contributed by atoms with van der Waals surface area (Å²) >= 11 is 1.25. The van der Waals surface area contributed by atoms with Gasteiger partial charge in [-0.2, -0.15) is 0 Å². The number of carbonyl (C=O) groups excluding carboxylic acids is 1. The lowest BCUT2D eigenvalue weighted by atomic mass is 10.1. The second-order valence-electron chi connectivity index (χ2n) is 6.23. The molecule has 0 fully saturated rings. The number of hydrogen-bond donors (Lipinski definition) is 1. The highest BCUT2D eigenvalue weighted by Crippen LogP contribution is 2.22. The maximum Gasteiger partial charge on any atom is 0.234 e. The molecule has 0 unspecified atom stereocenters. The summed E-state index contributed by atoms with van der Waals surface area (Å²) in [4.78, 5) is 12.4. The third-order valence-electron chi connectivity index (χ3n) is 4.02.